The van der Waals surface area contributed by atoms with Crippen LogP contribution in [0.3, 0.4) is 0 Å². The summed E-state index contributed by atoms with van der Waals surface area (Å²) < 4.78 is 0. The van der Waals surface area contributed by atoms with Crippen LogP contribution in [0.25, 0.3) is 0 Å². The number of carbonyl (C=O) groups excluding carboxylic acids is 3. The first-order chi connectivity index (χ1) is 14.8. The molecule has 1 heterocycles. The lowest BCUT2D eigenvalue weighted by Gasteiger charge is -2.25. The molecule has 11 nitrogen and oxygen atoms in total. The molecule has 178 valence electrons. The largest absolute Gasteiger partial charge is 0.480 e. The van der Waals surface area contributed by atoms with Crippen molar-refractivity contribution >= 4 is 23.7 Å². The number of hydrogen-bond acceptors (Lipinski definition) is 7. The molecular formula is C20H38N6O5. The van der Waals surface area contributed by atoms with Gasteiger partial charge in [0, 0.05) is 0 Å². The van der Waals surface area contributed by atoms with Crippen LogP contribution in [0.1, 0.15) is 58.3 Å². The first kappa shape index (κ1) is 26.8. The Morgan fingerprint density at radius 3 is 1.97 bits per heavy atom. The molecule has 1 aliphatic heterocycles. The lowest BCUT2D eigenvalue weighted by molar-refractivity contribution is -0.141. The van der Waals surface area contributed by atoms with E-state index in [-0.39, 0.29) is 11.9 Å². The highest BCUT2D eigenvalue weighted by Crippen LogP contribution is 2.09. The second kappa shape index (κ2) is 14.7. The van der Waals surface area contributed by atoms with Gasteiger partial charge in [0.1, 0.15) is 18.1 Å². The Hall–Kier alpha value is -2.24. The number of hydrogen-bond donors (Lipinski definition) is 7. The van der Waals surface area contributed by atoms with Crippen LogP contribution in [0.15, 0.2) is 0 Å². The molecule has 4 atom stereocenters. The van der Waals surface area contributed by atoms with Crippen molar-refractivity contribution in [3.05, 3.63) is 0 Å². The number of carboxylic acids is 1. The van der Waals surface area contributed by atoms with Crippen LogP contribution in [0.4, 0.5) is 0 Å². The summed E-state index contributed by atoms with van der Waals surface area (Å²) in [6.07, 6.45) is 4.92. The molecule has 0 aliphatic carbocycles. The molecule has 0 aromatic rings. The summed E-state index contributed by atoms with van der Waals surface area (Å²) in [6, 6.07) is -3.14. The molecule has 0 radical (unpaired) electrons. The molecule has 0 aromatic heterocycles. The van der Waals surface area contributed by atoms with Gasteiger partial charge in [0.2, 0.25) is 17.7 Å². The zero-order chi connectivity index (χ0) is 23.2. The Morgan fingerprint density at radius 2 is 1.48 bits per heavy atom. The molecule has 1 saturated heterocycles. The number of rotatable bonds is 15. The maximum Gasteiger partial charge on any atom is 0.325 e. The van der Waals surface area contributed by atoms with Crippen LogP contribution >= 0.6 is 0 Å². The summed E-state index contributed by atoms with van der Waals surface area (Å²) in [5.41, 5.74) is 11.1. The fraction of sp³-hybridized carbons (Fsp3) is 0.800. The molecule has 0 spiro atoms. The monoisotopic (exact) mass is 442 g/mol. The Balaban J connectivity index is 2.82. The molecule has 0 aromatic carbocycles. The topological polar surface area (TPSA) is 189 Å². The normalized spacial score (nSPS) is 18.6. The second-order valence-electron chi connectivity index (χ2n) is 7.91. The van der Waals surface area contributed by atoms with Crippen LogP contribution < -0.4 is 32.7 Å². The quantitative estimate of drug-likeness (QED) is 0.150. The highest BCUT2D eigenvalue weighted by Gasteiger charge is 2.30. The predicted octanol–water partition coefficient (Wildman–Crippen LogP) is -1.44. The van der Waals surface area contributed by atoms with Crippen LogP contribution in [-0.4, -0.2) is 72.6 Å². The summed E-state index contributed by atoms with van der Waals surface area (Å²) in [6.45, 7) is 3.03. The van der Waals surface area contributed by atoms with E-state index >= 15 is 0 Å². The van der Waals surface area contributed by atoms with Gasteiger partial charge in [-0.2, -0.15) is 0 Å². The minimum absolute atomic E-state index is 0.242. The molecule has 9 N–H and O–H groups in total. The maximum absolute atomic E-state index is 13.0. The molecule has 31 heavy (non-hydrogen) atoms. The number of unbranched alkanes of at least 4 members (excludes halogenated alkanes) is 2. The van der Waals surface area contributed by atoms with E-state index in [2.05, 4.69) is 21.3 Å². The average molecular weight is 443 g/mol. The summed E-state index contributed by atoms with van der Waals surface area (Å²) in [7, 11) is 0. The van der Waals surface area contributed by atoms with Crippen molar-refractivity contribution in [2.75, 3.05) is 19.6 Å². The van der Waals surface area contributed by atoms with Gasteiger partial charge in [0.15, 0.2) is 0 Å². The Bertz CT molecular complexity index is 597. The number of nitrogens with one attached hydrogen (secondary N) is 4. The molecule has 0 bridgehead atoms. The lowest BCUT2D eigenvalue weighted by Crippen LogP contribution is -2.56. The van der Waals surface area contributed by atoms with E-state index in [4.69, 9.17) is 16.6 Å². The Morgan fingerprint density at radius 1 is 0.935 bits per heavy atom. The Kier molecular flexibility index (Phi) is 12.7. The molecule has 1 fully saturated rings. The van der Waals surface area contributed by atoms with E-state index in [9.17, 15) is 19.2 Å². The van der Waals surface area contributed by atoms with Gasteiger partial charge in [-0.15, -0.1) is 0 Å². The standard InChI is InChI=1S/C20H38N6O5/c1-13(20(30)31)24-18(28)15(7-2-4-10-21)26-19(29)16(8-3-5-11-22)25-17(27)14-9-6-12-23-14/h13-16,23H,2-12,21-22H2,1H3,(H,24,28)(H,25,27)(H,26,29)(H,30,31). The summed E-state index contributed by atoms with van der Waals surface area (Å²) >= 11 is 0. The molecule has 4 unspecified atom stereocenters. The lowest BCUT2D eigenvalue weighted by atomic mass is 10.0. The first-order valence-electron chi connectivity index (χ1n) is 11.1. The summed E-state index contributed by atoms with van der Waals surface area (Å²) in [4.78, 5) is 49.1. The van der Waals surface area contributed by atoms with Crippen LogP contribution in [-0.2, 0) is 19.2 Å². The number of carbonyl (C=O) groups is 4. The summed E-state index contributed by atoms with van der Waals surface area (Å²) in [5, 5.41) is 20.0. The number of nitrogens with two attached hydrogens (primary N) is 2. The van der Waals surface area contributed by atoms with Gasteiger partial charge in [0.05, 0.1) is 6.04 Å². The third-order valence-corrected chi connectivity index (χ3v) is 5.27. The number of aliphatic carboxylic acids is 1. The van der Waals surface area contributed by atoms with Crippen molar-refractivity contribution in [2.24, 2.45) is 11.5 Å². The third-order valence-electron chi connectivity index (χ3n) is 5.27. The van der Waals surface area contributed by atoms with Crippen molar-refractivity contribution in [2.45, 2.75) is 82.5 Å². The van der Waals surface area contributed by atoms with Crippen molar-refractivity contribution in [1.82, 2.24) is 21.3 Å². The van der Waals surface area contributed by atoms with E-state index < -0.39 is 35.9 Å². The zero-order valence-electron chi connectivity index (χ0n) is 18.3. The SMILES string of the molecule is CC(NC(=O)C(CCCCN)NC(=O)C(CCCCN)NC(=O)C1CCCN1)C(=O)O. The smallest absolute Gasteiger partial charge is 0.325 e. The minimum atomic E-state index is -1.17. The summed E-state index contributed by atoms with van der Waals surface area (Å²) in [5.74, 6) is -2.46. The van der Waals surface area contributed by atoms with Crippen LogP contribution in [0.5, 0.6) is 0 Å². The zero-order valence-corrected chi connectivity index (χ0v) is 18.3. The second-order valence-corrected chi connectivity index (χ2v) is 7.91. The predicted molar refractivity (Wildman–Crippen MR) is 116 cm³/mol. The molecule has 1 aliphatic rings. The molecular weight excluding hydrogens is 404 g/mol. The van der Waals surface area contributed by atoms with E-state index in [0.29, 0.717) is 58.0 Å². The fourth-order valence-electron chi connectivity index (χ4n) is 3.35. The van der Waals surface area contributed by atoms with Crippen molar-refractivity contribution in [3.8, 4) is 0 Å². The van der Waals surface area contributed by atoms with Crippen molar-refractivity contribution in [1.29, 1.82) is 0 Å². The van der Waals surface area contributed by atoms with Crippen molar-refractivity contribution in [3.63, 3.8) is 0 Å². The fourth-order valence-corrected chi connectivity index (χ4v) is 3.35. The van der Waals surface area contributed by atoms with Gasteiger partial charge >= 0.3 is 5.97 Å². The van der Waals surface area contributed by atoms with Gasteiger partial charge in [0.25, 0.3) is 0 Å². The highest BCUT2D eigenvalue weighted by molar-refractivity contribution is 5.94. The van der Waals surface area contributed by atoms with Crippen LogP contribution in [0, 0.1) is 0 Å². The molecule has 11 heteroatoms. The van der Waals surface area contributed by atoms with E-state index in [1.54, 1.807) is 0 Å². The van der Waals surface area contributed by atoms with Crippen molar-refractivity contribution < 1.29 is 24.3 Å². The van der Waals surface area contributed by atoms with E-state index in [0.717, 1.165) is 13.0 Å². The average Bonchev–Trinajstić information content (AvgIpc) is 3.27. The first-order valence-corrected chi connectivity index (χ1v) is 11.1. The van der Waals surface area contributed by atoms with Gasteiger partial charge in [-0.3, -0.25) is 19.2 Å². The molecule has 3 amide bonds. The van der Waals surface area contributed by atoms with Gasteiger partial charge < -0.3 is 37.8 Å². The van der Waals surface area contributed by atoms with E-state index in [1.807, 2.05) is 0 Å². The Labute approximate surface area is 183 Å². The number of amides is 3. The van der Waals surface area contributed by atoms with E-state index in [1.165, 1.54) is 6.92 Å². The number of carboxylic acid groups (broad SMARTS) is 1. The molecule has 1 rings (SSSR count). The van der Waals surface area contributed by atoms with Gasteiger partial charge in [-0.1, -0.05) is 0 Å². The minimum Gasteiger partial charge on any atom is -0.480 e. The highest BCUT2D eigenvalue weighted by atomic mass is 16.4. The van der Waals surface area contributed by atoms with Gasteiger partial charge in [-0.05, 0) is 77.9 Å². The van der Waals surface area contributed by atoms with Crippen LogP contribution in [0.2, 0.25) is 0 Å². The third kappa shape index (κ3) is 10.1. The van der Waals surface area contributed by atoms with Gasteiger partial charge in [-0.25, -0.2) is 0 Å². The molecule has 0 saturated carbocycles. The maximum atomic E-state index is 13.0.